The Bertz CT molecular complexity index is 666. The Morgan fingerprint density at radius 1 is 1.13 bits per heavy atom. The summed E-state index contributed by atoms with van der Waals surface area (Å²) in [5, 5.41) is 12.0. The molecule has 2 aromatic rings. The lowest BCUT2D eigenvalue weighted by molar-refractivity contribution is -0.125. The second-order valence-corrected chi connectivity index (χ2v) is 5.21. The molecule has 1 amide bonds. The molecular formula is C19H20N2O2. The summed E-state index contributed by atoms with van der Waals surface area (Å²) in [6, 6.07) is 19.1. The van der Waals surface area contributed by atoms with Crippen molar-refractivity contribution in [1.29, 1.82) is 0 Å². The number of amides is 1. The first-order chi connectivity index (χ1) is 11.2. The molecule has 0 unspecified atom stereocenters. The van der Waals surface area contributed by atoms with Crippen LogP contribution in [-0.4, -0.2) is 35.3 Å². The highest BCUT2D eigenvalue weighted by molar-refractivity contribution is 5.93. The molecule has 0 aliphatic carbocycles. The molecule has 0 bridgehead atoms. The average Bonchev–Trinajstić information content (AvgIpc) is 2.60. The molecule has 4 nitrogen and oxygen atoms in total. The number of carbonyl (C=O) groups excluding carboxylic acids is 1. The van der Waals surface area contributed by atoms with Crippen LogP contribution in [0.5, 0.6) is 0 Å². The minimum atomic E-state index is -0.310. The van der Waals surface area contributed by atoms with Gasteiger partial charge in [-0.25, -0.2) is 0 Å². The highest BCUT2D eigenvalue weighted by Crippen LogP contribution is 2.08. The van der Waals surface area contributed by atoms with Crippen molar-refractivity contribution in [2.75, 3.05) is 7.05 Å². The predicted molar refractivity (Wildman–Crippen MR) is 92.5 cm³/mol. The number of hydrogen-bond donors (Lipinski definition) is 1. The normalized spacial score (nSPS) is 12.6. The van der Waals surface area contributed by atoms with Crippen molar-refractivity contribution in [2.45, 2.75) is 12.5 Å². The zero-order valence-electron chi connectivity index (χ0n) is 13.0. The van der Waals surface area contributed by atoms with Crippen LogP contribution in [0.4, 0.5) is 0 Å². The first kappa shape index (κ1) is 16.5. The summed E-state index contributed by atoms with van der Waals surface area (Å²) in [6.07, 6.45) is 5.26. The van der Waals surface area contributed by atoms with Crippen molar-refractivity contribution in [2.24, 2.45) is 5.16 Å². The summed E-state index contributed by atoms with van der Waals surface area (Å²) in [7, 11) is 1.70. The zero-order chi connectivity index (χ0) is 16.5. The first-order valence-electron chi connectivity index (χ1n) is 7.42. The molecular weight excluding hydrogens is 288 g/mol. The van der Waals surface area contributed by atoms with Crippen LogP contribution < -0.4 is 0 Å². The monoisotopic (exact) mass is 308 g/mol. The average molecular weight is 308 g/mol. The minimum Gasteiger partial charge on any atom is -0.411 e. The van der Waals surface area contributed by atoms with Crippen LogP contribution in [-0.2, 0) is 11.2 Å². The number of carbonyl (C=O) groups is 1. The van der Waals surface area contributed by atoms with Gasteiger partial charge >= 0.3 is 0 Å². The number of likely N-dealkylation sites (N-methyl/N-ethyl adjacent to an activating group) is 1. The van der Waals surface area contributed by atoms with Crippen LogP contribution in [0.15, 0.2) is 71.9 Å². The third kappa shape index (κ3) is 5.11. The molecule has 1 N–H and O–H groups in total. The number of nitrogens with zero attached hydrogens (tertiary/aromatic N) is 2. The topological polar surface area (TPSA) is 52.9 Å². The number of hydrogen-bond acceptors (Lipinski definition) is 3. The molecule has 4 heteroatoms. The maximum absolute atomic E-state index is 12.3. The van der Waals surface area contributed by atoms with Crippen molar-refractivity contribution in [1.82, 2.24) is 4.90 Å². The minimum absolute atomic E-state index is 0.144. The van der Waals surface area contributed by atoms with E-state index in [0.29, 0.717) is 6.42 Å². The molecule has 0 aromatic heterocycles. The van der Waals surface area contributed by atoms with Crippen molar-refractivity contribution < 1.29 is 10.0 Å². The quantitative estimate of drug-likeness (QED) is 0.385. The van der Waals surface area contributed by atoms with E-state index in [1.54, 1.807) is 18.0 Å². The van der Waals surface area contributed by atoms with Gasteiger partial charge in [-0.15, -0.1) is 0 Å². The molecule has 0 heterocycles. The van der Waals surface area contributed by atoms with Crippen LogP contribution in [0.25, 0.3) is 6.08 Å². The molecule has 1 atom stereocenters. The van der Waals surface area contributed by atoms with Crippen LogP contribution in [0.1, 0.15) is 11.1 Å². The standard InChI is InChI=1S/C19H20N2O2/c1-21(19(22)13-12-16-8-4-2-5-9-16)18(15-20-23)14-17-10-6-3-7-11-17/h2-13,15,18,23H,14H2,1H3/b13-12+,20-15+/t18-/m0/s1. The summed E-state index contributed by atoms with van der Waals surface area (Å²) < 4.78 is 0. The van der Waals surface area contributed by atoms with E-state index in [1.807, 2.05) is 60.7 Å². The molecule has 0 radical (unpaired) electrons. The van der Waals surface area contributed by atoms with E-state index in [0.717, 1.165) is 11.1 Å². The van der Waals surface area contributed by atoms with Gasteiger partial charge in [0.1, 0.15) is 0 Å². The summed E-state index contributed by atoms with van der Waals surface area (Å²) in [6.45, 7) is 0. The highest BCUT2D eigenvalue weighted by Gasteiger charge is 2.17. The number of benzene rings is 2. The summed E-state index contributed by atoms with van der Waals surface area (Å²) in [4.78, 5) is 13.9. The smallest absolute Gasteiger partial charge is 0.246 e. The van der Waals surface area contributed by atoms with Gasteiger partial charge in [-0.2, -0.15) is 0 Å². The Kier molecular flexibility index (Phi) is 6.12. The van der Waals surface area contributed by atoms with Crippen LogP contribution in [0.2, 0.25) is 0 Å². The van der Waals surface area contributed by atoms with Crippen molar-refractivity contribution >= 4 is 18.2 Å². The molecule has 2 aromatic carbocycles. The van der Waals surface area contributed by atoms with Crippen LogP contribution in [0.3, 0.4) is 0 Å². The lowest BCUT2D eigenvalue weighted by Crippen LogP contribution is -2.38. The Hall–Kier alpha value is -2.88. The summed E-state index contributed by atoms with van der Waals surface area (Å²) in [5.41, 5.74) is 2.04. The largest absolute Gasteiger partial charge is 0.411 e. The zero-order valence-corrected chi connectivity index (χ0v) is 13.0. The fraction of sp³-hybridized carbons (Fsp3) is 0.158. The first-order valence-corrected chi connectivity index (χ1v) is 7.42. The van der Waals surface area contributed by atoms with Gasteiger partial charge < -0.3 is 10.1 Å². The van der Waals surface area contributed by atoms with Crippen LogP contribution in [0, 0.1) is 0 Å². The Labute approximate surface area is 136 Å². The van der Waals surface area contributed by atoms with Gasteiger partial charge in [-0.05, 0) is 23.6 Å². The van der Waals surface area contributed by atoms with E-state index < -0.39 is 0 Å². The molecule has 0 fully saturated rings. The molecule has 23 heavy (non-hydrogen) atoms. The maximum Gasteiger partial charge on any atom is 0.246 e. The van der Waals surface area contributed by atoms with Gasteiger partial charge in [0.15, 0.2) is 0 Å². The lowest BCUT2D eigenvalue weighted by Gasteiger charge is -2.23. The molecule has 0 aliphatic rings. The Morgan fingerprint density at radius 3 is 2.35 bits per heavy atom. The molecule has 2 rings (SSSR count). The molecule has 0 aliphatic heterocycles. The van der Waals surface area contributed by atoms with Gasteiger partial charge in [0.25, 0.3) is 0 Å². The van der Waals surface area contributed by atoms with Gasteiger partial charge in [0.05, 0.1) is 12.3 Å². The van der Waals surface area contributed by atoms with E-state index in [-0.39, 0.29) is 11.9 Å². The SMILES string of the molecule is CN(C(=O)/C=C/c1ccccc1)[C@H](/C=N/O)Cc1ccccc1. The van der Waals surface area contributed by atoms with E-state index in [4.69, 9.17) is 5.21 Å². The van der Waals surface area contributed by atoms with Crippen LogP contribution >= 0.6 is 0 Å². The third-order valence-corrected chi connectivity index (χ3v) is 3.59. The summed E-state index contributed by atoms with van der Waals surface area (Å²) >= 11 is 0. The molecule has 0 saturated heterocycles. The van der Waals surface area contributed by atoms with E-state index in [9.17, 15) is 4.79 Å². The number of rotatable bonds is 6. The predicted octanol–water partition coefficient (Wildman–Crippen LogP) is 3.23. The van der Waals surface area contributed by atoms with Gasteiger partial charge in [-0.3, -0.25) is 4.79 Å². The second-order valence-electron chi connectivity index (χ2n) is 5.21. The summed E-state index contributed by atoms with van der Waals surface area (Å²) in [5.74, 6) is -0.144. The lowest BCUT2D eigenvalue weighted by atomic mass is 10.1. The third-order valence-electron chi connectivity index (χ3n) is 3.59. The molecule has 0 spiro atoms. The fourth-order valence-corrected chi connectivity index (χ4v) is 2.23. The van der Waals surface area contributed by atoms with Crippen molar-refractivity contribution in [3.05, 3.63) is 77.9 Å². The maximum atomic E-state index is 12.3. The Balaban J connectivity index is 2.06. The second kappa shape index (κ2) is 8.54. The van der Waals surface area contributed by atoms with Gasteiger partial charge in [-0.1, -0.05) is 65.8 Å². The molecule has 118 valence electrons. The highest BCUT2D eigenvalue weighted by atomic mass is 16.4. The van der Waals surface area contributed by atoms with E-state index >= 15 is 0 Å². The van der Waals surface area contributed by atoms with Crippen molar-refractivity contribution in [3.8, 4) is 0 Å². The van der Waals surface area contributed by atoms with Gasteiger partial charge in [0, 0.05) is 13.1 Å². The fourth-order valence-electron chi connectivity index (χ4n) is 2.23. The van der Waals surface area contributed by atoms with E-state index in [2.05, 4.69) is 5.16 Å². The van der Waals surface area contributed by atoms with Gasteiger partial charge in [0.2, 0.25) is 5.91 Å². The van der Waals surface area contributed by atoms with Crippen molar-refractivity contribution in [3.63, 3.8) is 0 Å². The van der Waals surface area contributed by atoms with E-state index in [1.165, 1.54) is 12.3 Å². The number of oxime groups is 1. The molecule has 0 saturated carbocycles. The Morgan fingerprint density at radius 2 is 1.74 bits per heavy atom.